The molecule has 0 saturated carbocycles. The second kappa shape index (κ2) is 6.64. The molecule has 0 spiro atoms. The van der Waals surface area contributed by atoms with Crippen molar-refractivity contribution in [1.29, 1.82) is 0 Å². The van der Waals surface area contributed by atoms with E-state index in [0.717, 1.165) is 42.6 Å². The average Bonchev–Trinajstić information content (AvgIpc) is 2.55. The smallest absolute Gasteiger partial charge is 0.252 e. The van der Waals surface area contributed by atoms with Gasteiger partial charge in [-0.05, 0) is 30.5 Å². The molecule has 0 radical (unpaired) electrons. The number of rotatable bonds is 2. The van der Waals surface area contributed by atoms with Crippen LogP contribution in [0, 0.1) is 12.3 Å². The van der Waals surface area contributed by atoms with Crippen LogP contribution in [0.25, 0.3) is 10.9 Å². The standard InChI is InChI=1S/C20H27N3O2/c1-14-5-6-17-15(11-14)12-16(18(24)21-17)13-22-7-9-23(10-8-22)19(25)20(2,3)4/h5-6,11-12H,7-10,13H2,1-4H3,(H,21,24). The number of aromatic amines is 1. The van der Waals surface area contributed by atoms with Crippen LogP contribution in [-0.2, 0) is 11.3 Å². The number of fused-ring (bicyclic) bond motifs is 1. The Kier molecular flexibility index (Phi) is 4.69. The summed E-state index contributed by atoms with van der Waals surface area (Å²) in [6.07, 6.45) is 0. The number of piperazine rings is 1. The number of benzene rings is 1. The normalized spacial score (nSPS) is 16.4. The van der Waals surface area contributed by atoms with E-state index in [9.17, 15) is 9.59 Å². The fraction of sp³-hybridized carbons (Fsp3) is 0.500. The number of hydrogen-bond donors (Lipinski definition) is 1. The number of nitrogens with one attached hydrogen (secondary N) is 1. The van der Waals surface area contributed by atoms with Crippen LogP contribution < -0.4 is 5.56 Å². The number of aromatic nitrogens is 1. The van der Waals surface area contributed by atoms with E-state index < -0.39 is 0 Å². The molecule has 0 bridgehead atoms. The van der Waals surface area contributed by atoms with Crippen LogP contribution in [0.1, 0.15) is 31.9 Å². The molecule has 2 aromatic rings. The molecule has 5 heteroatoms. The monoisotopic (exact) mass is 341 g/mol. The highest BCUT2D eigenvalue weighted by molar-refractivity contribution is 5.81. The van der Waals surface area contributed by atoms with Crippen molar-refractivity contribution in [2.45, 2.75) is 34.2 Å². The number of aryl methyl sites for hydroxylation is 1. The second-order valence-corrected chi connectivity index (χ2v) is 8.03. The number of carbonyl (C=O) groups excluding carboxylic acids is 1. The molecular formula is C20H27N3O2. The number of nitrogens with zero attached hydrogens (tertiary/aromatic N) is 2. The maximum atomic E-state index is 12.4. The molecule has 1 aromatic carbocycles. The summed E-state index contributed by atoms with van der Waals surface area (Å²) in [6.45, 7) is 11.6. The molecule has 5 nitrogen and oxygen atoms in total. The predicted molar refractivity (Wildman–Crippen MR) is 101 cm³/mol. The van der Waals surface area contributed by atoms with Crippen molar-refractivity contribution in [3.63, 3.8) is 0 Å². The van der Waals surface area contributed by atoms with Crippen LogP contribution in [0.5, 0.6) is 0 Å². The quantitative estimate of drug-likeness (QED) is 0.913. The van der Waals surface area contributed by atoms with Gasteiger partial charge >= 0.3 is 0 Å². The number of amides is 1. The van der Waals surface area contributed by atoms with Crippen LogP contribution in [0.2, 0.25) is 0 Å². The second-order valence-electron chi connectivity index (χ2n) is 8.03. The first kappa shape index (κ1) is 17.7. The lowest BCUT2D eigenvalue weighted by molar-refractivity contribution is -0.141. The predicted octanol–water partition coefficient (Wildman–Crippen LogP) is 2.53. The van der Waals surface area contributed by atoms with E-state index in [2.05, 4.69) is 22.9 Å². The van der Waals surface area contributed by atoms with E-state index in [4.69, 9.17) is 0 Å². The van der Waals surface area contributed by atoms with Gasteiger partial charge in [-0.3, -0.25) is 14.5 Å². The van der Waals surface area contributed by atoms with E-state index in [-0.39, 0.29) is 16.9 Å². The maximum Gasteiger partial charge on any atom is 0.252 e. The van der Waals surface area contributed by atoms with Gasteiger partial charge in [0.15, 0.2) is 0 Å². The molecule has 0 atom stereocenters. The van der Waals surface area contributed by atoms with Crippen molar-refractivity contribution in [2.24, 2.45) is 5.41 Å². The van der Waals surface area contributed by atoms with Gasteiger partial charge in [-0.25, -0.2) is 0 Å². The Morgan fingerprint density at radius 2 is 1.80 bits per heavy atom. The number of H-pyrrole nitrogens is 1. The van der Waals surface area contributed by atoms with Gasteiger partial charge in [-0.2, -0.15) is 0 Å². The molecule has 3 rings (SSSR count). The topological polar surface area (TPSA) is 56.4 Å². The van der Waals surface area contributed by atoms with E-state index in [1.54, 1.807) is 0 Å². The van der Waals surface area contributed by atoms with E-state index >= 15 is 0 Å². The molecule has 0 unspecified atom stereocenters. The Morgan fingerprint density at radius 1 is 1.12 bits per heavy atom. The molecule has 1 aliphatic heterocycles. The highest BCUT2D eigenvalue weighted by Gasteiger charge is 2.29. The lowest BCUT2D eigenvalue weighted by Gasteiger charge is -2.37. The summed E-state index contributed by atoms with van der Waals surface area (Å²) in [4.78, 5) is 31.9. The molecule has 1 N–H and O–H groups in total. The molecule has 1 aromatic heterocycles. The van der Waals surface area contributed by atoms with Gasteiger partial charge in [0.05, 0.1) is 0 Å². The Bertz CT molecular complexity index is 840. The highest BCUT2D eigenvalue weighted by atomic mass is 16.2. The molecule has 25 heavy (non-hydrogen) atoms. The van der Waals surface area contributed by atoms with E-state index in [0.29, 0.717) is 6.54 Å². The molecule has 1 saturated heterocycles. The average molecular weight is 341 g/mol. The van der Waals surface area contributed by atoms with Crippen LogP contribution in [-0.4, -0.2) is 46.9 Å². The van der Waals surface area contributed by atoms with Crippen molar-refractivity contribution < 1.29 is 4.79 Å². The molecule has 1 fully saturated rings. The zero-order valence-electron chi connectivity index (χ0n) is 15.6. The third-order valence-electron chi connectivity index (χ3n) is 4.77. The van der Waals surface area contributed by atoms with Crippen LogP contribution in [0.15, 0.2) is 29.1 Å². The largest absolute Gasteiger partial charge is 0.340 e. The first-order chi connectivity index (χ1) is 11.7. The van der Waals surface area contributed by atoms with Gasteiger partial charge in [0.2, 0.25) is 5.91 Å². The fourth-order valence-corrected chi connectivity index (χ4v) is 3.31. The van der Waals surface area contributed by atoms with Crippen LogP contribution in [0.3, 0.4) is 0 Å². The first-order valence-electron chi connectivity index (χ1n) is 8.88. The van der Waals surface area contributed by atoms with Gasteiger partial charge in [-0.15, -0.1) is 0 Å². The Morgan fingerprint density at radius 3 is 2.44 bits per heavy atom. The third kappa shape index (κ3) is 3.93. The first-order valence-corrected chi connectivity index (χ1v) is 8.88. The van der Waals surface area contributed by atoms with Crippen molar-refractivity contribution in [1.82, 2.24) is 14.8 Å². The third-order valence-corrected chi connectivity index (χ3v) is 4.77. The number of hydrogen-bond acceptors (Lipinski definition) is 3. The molecule has 1 aliphatic rings. The van der Waals surface area contributed by atoms with Gasteiger partial charge in [0.25, 0.3) is 5.56 Å². The summed E-state index contributed by atoms with van der Waals surface area (Å²) in [7, 11) is 0. The van der Waals surface area contributed by atoms with Crippen molar-refractivity contribution in [2.75, 3.05) is 26.2 Å². The van der Waals surface area contributed by atoms with Gasteiger partial charge < -0.3 is 9.88 Å². The van der Waals surface area contributed by atoms with E-state index in [1.165, 1.54) is 5.56 Å². The van der Waals surface area contributed by atoms with Crippen molar-refractivity contribution >= 4 is 16.8 Å². The number of pyridine rings is 1. The minimum atomic E-state index is -0.338. The van der Waals surface area contributed by atoms with Crippen LogP contribution in [0.4, 0.5) is 0 Å². The SMILES string of the molecule is Cc1ccc2[nH]c(=O)c(CN3CCN(C(=O)C(C)(C)C)CC3)cc2c1. The summed E-state index contributed by atoms with van der Waals surface area (Å²) in [5, 5.41) is 1.07. The summed E-state index contributed by atoms with van der Waals surface area (Å²) in [5.74, 6) is 0.200. The molecule has 1 amide bonds. The Balaban J connectivity index is 1.70. The lowest BCUT2D eigenvalue weighted by Crippen LogP contribution is -2.51. The van der Waals surface area contributed by atoms with Crippen LogP contribution >= 0.6 is 0 Å². The summed E-state index contributed by atoms with van der Waals surface area (Å²) >= 11 is 0. The fourth-order valence-electron chi connectivity index (χ4n) is 3.31. The molecule has 2 heterocycles. The summed E-state index contributed by atoms with van der Waals surface area (Å²) in [5.41, 5.74) is 2.48. The zero-order valence-corrected chi connectivity index (χ0v) is 15.6. The maximum absolute atomic E-state index is 12.4. The highest BCUT2D eigenvalue weighted by Crippen LogP contribution is 2.19. The van der Waals surface area contributed by atoms with Crippen molar-refractivity contribution in [3.8, 4) is 0 Å². The van der Waals surface area contributed by atoms with Gasteiger partial charge in [0, 0.05) is 49.2 Å². The van der Waals surface area contributed by atoms with E-state index in [1.807, 2.05) is 43.9 Å². The summed E-state index contributed by atoms with van der Waals surface area (Å²) < 4.78 is 0. The van der Waals surface area contributed by atoms with Gasteiger partial charge in [0.1, 0.15) is 0 Å². The molecule has 0 aliphatic carbocycles. The summed E-state index contributed by atoms with van der Waals surface area (Å²) in [6, 6.07) is 8.04. The zero-order chi connectivity index (χ0) is 18.2. The Labute approximate surface area is 148 Å². The minimum Gasteiger partial charge on any atom is -0.340 e. The molecular weight excluding hydrogens is 314 g/mol. The molecule has 134 valence electrons. The lowest BCUT2D eigenvalue weighted by atomic mass is 9.94. The van der Waals surface area contributed by atoms with Gasteiger partial charge in [-0.1, -0.05) is 32.4 Å². The minimum absolute atomic E-state index is 0.0236. The number of carbonyl (C=O) groups is 1. The Hall–Kier alpha value is -2.14. The van der Waals surface area contributed by atoms with Crippen molar-refractivity contribution in [3.05, 3.63) is 45.7 Å².